The quantitative estimate of drug-likeness (QED) is 0.533. The molecule has 8 heteroatoms. The number of hydrogen-bond acceptors (Lipinski definition) is 4. The van der Waals surface area contributed by atoms with E-state index >= 15 is 0 Å². The molecule has 0 saturated carbocycles. The molecule has 1 fully saturated rings. The topological polar surface area (TPSA) is 87.8 Å². The van der Waals surface area contributed by atoms with Gasteiger partial charge >= 0.3 is 0 Å². The van der Waals surface area contributed by atoms with Crippen LogP contribution in [0.4, 0.5) is 0 Å². The largest absolute Gasteiger partial charge is 0.370 e. The molecule has 1 aromatic carbocycles. The summed E-state index contributed by atoms with van der Waals surface area (Å²) in [6, 6.07) is 11.1. The van der Waals surface area contributed by atoms with Crippen LogP contribution in [0, 0.1) is 5.92 Å². The van der Waals surface area contributed by atoms with E-state index < -0.39 is 10.0 Å². The number of piperidine rings is 1. The molecule has 0 radical (unpaired) electrons. The number of hydrogen-bond donors (Lipinski definition) is 2. The average Bonchev–Trinajstić information content (AvgIpc) is 3.20. The minimum atomic E-state index is -3.42. The Labute approximate surface area is 171 Å². The van der Waals surface area contributed by atoms with E-state index in [-0.39, 0.29) is 0 Å². The van der Waals surface area contributed by atoms with E-state index in [1.54, 1.807) is 27.8 Å². The molecule has 1 saturated heterocycles. The van der Waals surface area contributed by atoms with Gasteiger partial charge in [0.2, 0.25) is 10.0 Å². The van der Waals surface area contributed by atoms with Crippen LogP contribution in [0.2, 0.25) is 0 Å². The molecule has 3 rings (SSSR count). The highest BCUT2D eigenvalue weighted by atomic mass is 32.2. The number of thiophene rings is 1. The highest BCUT2D eigenvalue weighted by Gasteiger charge is 2.28. The lowest BCUT2D eigenvalue weighted by Gasteiger charge is -2.30. The second-order valence-electron chi connectivity index (χ2n) is 7.21. The van der Waals surface area contributed by atoms with Gasteiger partial charge in [-0.3, -0.25) is 0 Å². The second kappa shape index (κ2) is 9.54. The van der Waals surface area contributed by atoms with Crippen LogP contribution >= 0.6 is 11.3 Å². The van der Waals surface area contributed by atoms with E-state index in [1.165, 1.54) is 4.88 Å². The van der Waals surface area contributed by atoms with Gasteiger partial charge in [0.25, 0.3) is 0 Å². The highest BCUT2D eigenvalue weighted by molar-refractivity contribution is 7.89. The van der Waals surface area contributed by atoms with Crippen molar-refractivity contribution in [3.05, 3.63) is 52.2 Å². The predicted octanol–water partition coefficient (Wildman–Crippen LogP) is 2.82. The van der Waals surface area contributed by atoms with Crippen LogP contribution in [0.3, 0.4) is 0 Å². The van der Waals surface area contributed by atoms with Crippen LogP contribution in [0.25, 0.3) is 0 Å². The van der Waals surface area contributed by atoms with E-state index in [9.17, 15) is 8.42 Å². The van der Waals surface area contributed by atoms with Gasteiger partial charge in [0.15, 0.2) is 5.96 Å². The number of aliphatic imine (C=N–C) groups is 1. The summed E-state index contributed by atoms with van der Waals surface area (Å²) in [6.07, 6.45) is 2.92. The van der Waals surface area contributed by atoms with Crippen molar-refractivity contribution in [3.63, 3.8) is 0 Å². The number of nitrogens with one attached hydrogen (secondary N) is 1. The van der Waals surface area contributed by atoms with Crippen molar-refractivity contribution < 1.29 is 8.42 Å². The van der Waals surface area contributed by atoms with Gasteiger partial charge in [-0.15, -0.1) is 11.3 Å². The van der Waals surface area contributed by atoms with E-state index in [0.29, 0.717) is 36.4 Å². The van der Waals surface area contributed by atoms with Crippen molar-refractivity contribution >= 4 is 27.3 Å². The molecule has 28 heavy (non-hydrogen) atoms. The molecule has 0 aliphatic carbocycles. The molecule has 0 spiro atoms. The molecule has 1 atom stereocenters. The first-order chi connectivity index (χ1) is 13.4. The zero-order valence-corrected chi connectivity index (χ0v) is 17.8. The van der Waals surface area contributed by atoms with Crippen molar-refractivity contribution in [2.45, 2.75) is 37.6 Å². The average molecular weight is 421 g/mol. The number of guanidine groups is 1. The van der Waals surface area contributed by atoms with Crippen LogP contribution in [-0.2, 0) is 23.0 Å². The molecule has 2 aromatic rings. The molecule has 6 nitrogen and oxygen atoms in total. The Morgan fingerprint density at radius 2 is 2.11 bits per heavy atom. The lowest BCUT2D eigenvalue weighted by Crippen LogP contribution is -2.39. The van der Waals surface area contributed by atoms with Crippen molar-refractivity contribution in [2.75, 3.05) is 19.6 Å². The molecule has 1 unspecified atom stereocenters. The van der Waals surface area contributed by atoms with Gasteiger partial charge in [-0.25, -0.2) is 13.4 Å². The maximum absolute atomic E-state index is 12.8. The van der Waals surface area contributed by atoms with Crippen LogP contribution in [0.1, 0.15) is 30.2 Å². The molecule has 1 aliphatic rings. The van der Waals surface area contributed by atoms with Gasteiger partial charge in [0.1, 0.15) is 0 Å². The third-order valence-electron chi connectivity index (χ3n) is 4.87. The summed E-state index contributed by atoms with van der Waals surface area (Å²) in [5.74, 6) is 0.808. The SMILES string of the molecule is CC1CCCN(S(=O)(=O)c2ccc(CN=C(N)NCCc3cccs3)cc2)C1. The molecule has 152 valence electrons. The van der Waals surface area contributed by atoms with Gasteiger partial charge in [0, 0.05) is 24.5 Å². The normalized spacial score (nSPS) is 18.9. The summed E-state index contributed by atoms with van der Waals surface area (Å²) in [4.78, 5) is 5.98. The van der Waals surface area contributed by atoms with E-state index in [2.05, 4.69) is 28.7 Å². The van der Waals surface area contributed by atoms with Gasteiger partial charge < -0.3 is 11.1 Å². The number of sulfonamides is 1. The summed E-state index contributed by atoms with van der Waals surface area (Å²) >= 11 is 1.73. The predicted molar refractivity (Wildman–Crippen MR) is 115 cm³/mol. The Morgan fingerprint density at radius 1 is 1.32 bits per heavy atom. The number of rotatable bonds is 7. The van der Waals surface area contributed by atoms with Gasteiger partial charge in [-0.2, -0.15) is 4.31 Å². The Kier molecular flexibility index (Phi) is 7.09. The second-order valence-corrected chi connectivity index (χ2v) is 10.2. The Hall–Kier alpha value is -1.90. The first-order valence-electron chi connectivity index (χ1n) is 9.60. The maximum Gasteiger partial charge on any atom is 0.243 e. The van der Waals surface area contributed by atoms with E-state index in [4.69, 9.17) is 5.73 Å². The minimum Gasteiger partial charge on any atom is -0.370 e. The zero-order valence-electron chi connectivity index (χ0n) is 16.2. The number of nitrogens with two attached hydrogens (primary N) is 1. The standard InChI is InChI=1S/C20H28N4O2S2/c1-16-4-2-12-24(15-16)28(25,26)19-8-6-17(7-9-19)14-23-20(21)22-11-10-18-5-3-13-27-18/h3,5-9,13,16H,2,4,10-12,14-15H2,1H3,(H3,21,22,23). The number of nitrogens with zero attached hydrogens (tertiary/aromatic N) is 2. The third kappa shape index (κ3) is 5.56. The van der Waals surface area contributed by atoms with Crippen molar-refractivity contribution in [2.24, 2.45) is 16.6 Å². The molecule has 2 heterocycles. The fourth-order valence-electron chi connectivity index (χ4n) is 3.28. The van der Waals surface area contributed by atoms with Crippen LogP contribution < -0.4 is 11.1 Å². The summed E-state index contributed by atoms with van der Waals surface area (Å²) in [6.45, 7) is 4.45. The first-order valence-corrected chi connectivity index (χ1v) is 11.9. The third-order valence-corrected chi connectivity index (χ3v) is 7.69. The van der Waals surface area contributed by atoms with Gasteiger partial charge in [-0.1, -0.05) is 25.1 Å². The van der Waals surface area contributed by atoms with Crippen molar-refractivity contribution in [1.29, 1.82) is 0 Å². The monoisotopic (exact) mass is 420 g/mol. The minimum absolute atomic E-state index is 0.344. The van der Waals surface area contributed by atoms with Gasteiger partial charge in [-0.05, 0) is 54.3 Å². The zero-order chi connectivity index (χ0) is 20.0. The molecule has 0 bridgehead atoms. The Balaban J connectivity index is 1.53. The first kappa shape index (κ1) is 20.8. The summed E-state index contributed by atoms with van der Waals surface area (Å²) in [5.41, 5.74) is 6.84. The van der Waals surface area contributed by atoms with Gasteiger partial charge in [0.05, 0.1) is 11.4 Å². The lowest BCUT2D eigenvalue weighted by molar-refractivity contribution is 0.281. The molecule has 0 amide bonds. The summed E-state index contributed by atoms with van der Waals surface area (Å²) in [7, 11) is -3.42. The Bertz CT molecular complexity index is 877. The molecule has 1 aromatic heterocycles. The van der Waals surface area contributed by atoms with Crippen LogP contribution in [0.5, 0.6) is 0 Å². The van der Waals surface area contributed by atoms with Crippen LogP contribution in [0.15, 0.2) is 51.7 Å². The summed E-state index contributed by atoms with van der Waals surface area (Å²) < 4.78 is 27.2. The molecule has 3 N–H and O–H groups in total. The number of benzene rings is 1. The van der Waals surface area contributed by atoms with E-state index in [1.807, 2.05) is 18.2 Å². The molecule has 1 aliphatic heterocycles. The fourth-order valence-corrected chi connectivity index (χ4v) is 5.59. The Morgan fingerprint density at radius 3 is 2.79 bits per heavy atom. The van der Waals surface area contributed by atoms with Crippen molar-refractivity contribution in [3.8, 4) is 0 Å². The van der Waals surface area contributed by atoms with Crippen LogP contribution in [-0.4, -0.2) is 38.3 Å². The summed E-state index contributed by atoms with van der Waals surface area (Å²) in [5, 5.41) is 5.16. The maximum atomic E-state index is 12.8. The van der Waals surface area contributed by atoms with E-state index in [0.717, 1.165) is 31.4 Å². The van der Waals surface area contributed by atoms with Crippen molar-refractivity contribution in [1.82, 2.24) is 9.62 Å². The lowest BCUT2D eigenvalue weighted by atomic mass is 10.0. The molecular weight excluding hydrogens is 392 g/mol. The smallest absolute Gasteiger partial charge is 0.243 e. The fraction of sp³-hybridized carbons (Fsp3) is 0.450. The highest BCUT2D eigenvalue weighted by Crippen LogP contribution is 2.23. The molecular formula is C20H28N4O2S2.